The maximum absolute atomic E-state index is 5.50. The summed E-state index contributed by atoms with van der Waals surface area (Å²) < 4.78 is 5.23. The van der Waals surface area contributed by atoms with Crippen LogP contribution in [0.15, 0.2) is 127 Å². The first-order valence-corrected chi connectivity index (χ1v) is 18.2. The van der Waals surface area contributed by atoms with Gasteiger partial charge in [0.2, 0.25) is 0 Å². The van der Waals surface area contributed by atoms with E-state index in [-0.39, 0.29) is 10.8 Å². The predicted octanol–water partition coefficient (Wildman–Crippen LogP) is 12.2. The summed E-state index contributed by atoms with van der Waals surface area (Å²) in [4.78, 5) is 10.8. The van der Waals surface area contributed by atoms with Crippen molar-refractivity contribution < 1.29 is 0 Å². The summed E-state index contributed by atoms with van der Waals surface area (Å²) >= 11 is 1.90. The molecule has 0 spiro atoms. The average Bonchev–Trinajstić information content (AvgIpc) is 3.76. The van der Waals surface area contributed by atoms with E-state index in [0.717, 1.165) is 33.5 Å². The number of nitrogens with zero attached hydrogens (tertiary/aromatic N) is 3. The molecule has 238 valence electrons. The molecule has 4 heterocycles. The molecule has 0 amide bonds. The predicted molar refractivity (Wildman–Crippen MR) is 210 cm³/mol. The molecule has 0 unspecified atom stereocenters. The lowest BCUT2D eigenvalue weighted by molar-refractivity contribution is 0.630. The van der Waals surface area contributed by atoms with Gasteiger partial charge in [-0.25, -0.2) is 9.97 Å². The third kappa shape index (κ3) is 3.49. The van der Waals surface area contributed by atoms with Gasteiger partial charge in [0.05, 0.1) is 32.6 Å². The average molecular weight is 660 g/mol. The van der Waals surface area contributed by atoms with Crippen molar-refractivity contribution in [1.82, 2.24) is 14.5 Å². The third-order valence-corrected chi connectivity index (χ3v) is 12.8. The van der Waals surface area contributed by atoms with Gasteiger partial charge in [0.15, 0.2) is 5.82 Å². The van der Waals surface area contributed by atoms with Gasteiger partial charge in [-0.3, -0.25) is 0 Å². The van der Waals surface area contributed by atoms with Crippen LogP contribution in [0.4, 0.5) is 0 Å². The Kier molecular flexibility index (Phi) is 5.40. The first-order chi connectivity index (χ1) is 24.3. The Morgan fingerprint density at radius 1 is 0.540 bits per heavy atom. The summed E-state index contributed by atoms with van der Waals surface area (Å²) in [6, 6.07) is 46.7. The highest BCUT2D eigenvalue weighted by atomic mass is 32.1. The van der Waals surface area contributed by atoms with Crippen molar-refractivity contribution in [2.45, 2.75) is 38.5 Å². The Labute approximate surface area is 294 Å². The van der Waals surface area contributed by atoms with E-state index in [1.54, 1.807) is 0 Å². The molecule has 0 bridgehead atoms. The van der Waals surface area contributed by atoms with Crippen molar-refractivity contribution in [2.75, 3.05) is 0 Å². The van der Waals surface area contributed by atoms with Gasteiger partial charge >= 0.3 is 0 Å². The van der Waals surface area contributed by atoms with Gasteiger partial charge in [-0.1, -0.05) is 137 Å². The zero-order valence-corrected chi connectivity index (χ0v) is 29.2. The molecule has 3 aromatic heterocycles. The highest BCUT2D eigenvalue weighted by Gasteiger charge is 2.39. The number of para-hydroxylation sites is 2. The lowest BCUT2D eigenvalue weighted by Gasteiger charge is -2.35. The molecule has 4 heteroatoms. The molecule has 1 aliphatic carbocycles. The number of hydrogen-bond acceptors (Lipinski definition) is 3. The first-order valence-electron chi connectivity index (χ1n) is 17.4. The van der Waals surface area contributed by atoms with E-state index < -0.39 is 0 Å². The number of fused-ring (bicyclic) bond motifs is 11. The van der Waals surface area contributed by atoms with Crippen LogP contribution in [0.2, 0.25) is 0 Å². The first kappa shape index (κ1) is 28.3. The molecule has 0 saturated carbocycles. The molecule has 0 radical (unpaired) electrons. The van der Waals surface area contributed by atoms with Crippen molar-refractivity contribution in [3.63, 3.8) is 0 Å². The Morgan fingerprint density at radius 3 is 2.14 bits per heavy atom. The monoisotopic (exact) mass is 659 g/mol. The van der Waals surface area contributed by atoms with Crippen LogP contribution in [0.3, 0.4) is 0 Å². The van der Waals surface area contributed by atoms with Crippen molar-refractivity contribution >= 4 is 53.4 Å². The third-order valence-electron chi connectivity index (χ3n) is 11.6. The highest BCUT2D eigenvalue weighted by Crippen LogP contribution is 2.53. The topological polar surface area (TPSA) is 30.7 Å². The Hall–Kier alpha value is -5.58. The number of aromatic nitrogens is 3. The van der Waals surface area contributed by atoms with Gasteiger partial charge in [-0.2, -0.15) is 0 Å². The van der Waals surface area contributed by atoms with Crippen LogP contribution in [0.5, 0.6) is 0 Å². The Balaban J connectivity index is 1.20. The maximum Gasteiger partial charge on any atom is 0.160 e. The molecule has 50 heavy (non-hydrogen) atoms. The van der Waals surface area contributed by atoms with Crippen LogP contribution in [0.25, 0.3) is 81.6 Å². The number of thiophene rings is 1. The minimum absolute atomic E-state index is 0.163. The van der Waals surface area contributed by atoms with Gasteiger partial charge in [0.25, 0.3) is 0 Å². The summed E-state index contributed by atoms with van der Waals surface area (Å²) in [5.74, 6) is 0.773. The molecular formula is C46H33N3S. The van der Waals surface area contributed by atoms with Crippen molar-refractivity contribution in [2.24, 2.45) is 0 Å². The molecule has 0 N–H and O–H groups in total. The second-order valence-electron chi connectivity index (χ2n) is 15.0. The van der Waals surface area contributed by atoms with E-state index in [4.69, 9.17) is 9.97 Å². The van der Waals surface area contributed by atoms with Crippen molar-refractivity contribution in [1.29, 1.82) is 0 Å². The second kappa shape index (κ2) is 9.56. The zero-order chi connectivity index (χ0) is 33.5. The summed E-state index contributed by atoms with van der Waals surface area (Å²) in [5.41, 5.74) is 15.6. The van der Waals surface area contributed by atoms with Crippen LogP contribution < -0.4 is 0 Å². The second-order valence-corrected chi connectivity index (χ2v) is 16.0. The van der Waals surface area contributed by atoms with E-state index in [9.17, 15) is 0 Å². The van der Waals surface area contributed by atoms with Gasteiger partial charge in [-0.05, 0) is 51.6 Å². The Bertz CT molecular complexity index is 2940. The number of benzene rings is 6. The van der Waals surface area contributed by atoms with E-state index in [2.05, 4.69) is 160 Å². The van der Waals surface area contributed by atoms with Crippen LogP contribution >= 0.6 is 11.3 Å². The minimum atomic E-state index is -0.170. The fourth-order valence-corrected chi connectivity index (χ4v) is 10.5. The lowest BCUT2D eigenvalue weighted by atomic mass is 9.74. The van der Waals surface area contributed by atoms with Gasteiger partial charge in [0, 0.05) is 42.8 Å². The maximum atomic E-state index is 5.50. The molecule has 0 atom stereocenters. The summed E-state index contributed by atoms with van der Waals surface area (Å²) in [6.45, 7) is 9.41. The van der Waals surface area contributed by atoms with E-state index >= 15 is 0 Å². The molecular weight excluding hydrogens is 627 g/mol. The van der Waals surface area contributed by atoms with Crippen molar-refractivity contribution in [3.8, 4) is 39.5 Å². The summed E-state index contributed by atoms with van der Waals surface area (Å²) in [7, 11) is 0. The summed E-state index contributed by atoms with van der Waals surface area (Å²) in [5, 5.41) is 3.70. The molecule has 0 saturated heterocycles. The van der Waals surface area contributed by atoms with E-state index in [0.29, 0.717) is 0 Å². The fourth-order valence-electron chi connectivity index (χ4n) is 9.25. The summed E-state index contributed by atoms with van der Waals surface area (Å²) in [6.07, 6.45) is 0. The van der Waals surface area contributed by atoms with Crippen LogP contribution in [0, 0.1) is 0 Å². The largest absolute Gasteiger partial charge is 0.307 e. The SMILES string of the molecule is CC1(C)c2ccccc2-c2cccc(-c3nc(-c4ccc5c(c4)-n4c6c(cccc6c6sc7ccccc7c64)C5(C)C)c4ccccc4n3)c21. The number of hydrogen-bond donors (Lipinski definition) is 0. The highest BCUT2D eigenvalue weighted by molar-refractivity contribution is 7.26. The van der Waals surface area contributed by atoms with Crippen LogP contribution in [0.1, 0.15) is 49.9 Å². The zero-order valence-electron chi connectivity index (χ0n) is 28.4. The molecule has 2 aliphatic rings. The number of rotatable bonds is 2. The van der Waals surface area contributed by atoms with Crippen LogP contribution in [-0.4, -0.2) is 14.5 Å². The molecule has 1 aliphatic heterocycles. The van der Waals surface area contributed by atoms with E-state index in [1.807, 2.05) is 11.3 Å². The lowest BCUT2D eigenvalue weighted by Crippen LogP contribution is -2.26. The standard InChI is InChI=1S/C46H33N3S/c1-45(2)34-24-23-26(25-37(34)49-41-32(18-12-20-35(41)45)43-42(49)30-15-7-10-22-38(30)50-43)40-29-14-6-9-21-36(29)47-44(48-40)31-17-11-16-28-27-13-5-8-19-33(27)46(3,4)39(28)31/h5-25H,1-4H3. The molecule has 9 aromatic rings. The smallest absolute Gasteiger partial charge is 0.160 e. The van der Waals surface area contributed by atoms with Gasteiger partial charge < -0.3 is 4.57 Å². The van der Waals surface area contributed by atoms with Gasteiger partial charge in [-0.15, -0.1) is 11.3 Å². The minimum Gasteiger partial charge on any atom is -0.307 e. The molecule has 0 fully saturated rings. The van der Waals surface area contributed by atoms with Crippen molar-refractivity contribution in [3.05, 3.63) is 150 Å². The van der Waals surface area contributed by atoms with Gasteiger partial charge in [0.1, 0.15) is 0 Å². The Morgan fingerprint density at radius 2 is 1.24 bits per heavy atom. The van der Waals surface area contributed by atoms with Crippen LogP contribution in [-0.2, 0) is 10.8 Å². The molecule has 3 nitrogen and oxygen atoms in total. The molecule has 11 rings (SSSR count). The fraction of sp³-hybridized carbons (Fsp3) is 0.130. The normalized spacial score (nSPS) is 15.1. The van der Waals surface area contributed by atoms with E-state index in [1.165, 1.54) is 70.3 Å². The quantitative estimate of drug-likeness (QED) is 0.185. The molecule has 6 aromatic carbocycles.